The van der Waals surface area contributed by atoms with Crippen molar-refractivity contribution < 1.29 is 9.53 Å². The van der Waals surface area contributed by atoms with Gasteiger partial charge in [-0.2, -0.15) is 5.26 Å². The number of carbonyl (C=O) groups excluding carboxylic acids is 1. The summed E-state index contributed by atoms with van der Waals surface area (Å²) < 4.78 is 5.12. The van der Waals surface area contributed by atoms with Crippen molar-refractivity contribution in [2.75, 3.05) is 7.11 Å². The van der Waals surface area contributed by atoms with Crippen LogP contribution in [0, 0.1) is 18.3 Å². The third-order valence-corrected chi connectivity index (χ3v) is 3.85. The summed E-state index contributed by atoms with van der Waals surface area (Å²) in [6.45, 7) is 1.91. The summed E-state index contributed by atoms with van der Waals surface area (Å²) in [5.74, 6) is 0.223. The average molecular weight is 286 g/mol. The SMILES string of the molecule is COc1ccsc1C(=O)NC(C#N)c1ccccc1C. The van der Waals surface area contributed by atoms with Crippen LogP contribution in [0.4, 0.5) is 0 Å². The van der Waals surface area contributed by atoms with E-state index in [1.807, 2.05) is 31.2 Å². The highest BCUT2D eigenvalue weighted by Crippen LogP contribution is 2.25. The quantitative estimate of drug-likeness (QED) is 0.939. The standard InChI is InChI=1S/C15H14N2O2S/c1-10-5-3-4-6-11(10)12(9-16)17-15(18)14-13(19-2)7-8-20-14/h3-8,12H,1-2H3,(H,17,18). The number of nitriles is 1. The monoisotopic (exact) mass is 286 g/mol. The van der Waals surface area contributed by atoms with Gasteiger partial charge in [-0.15, -0.1) is 11.3 Å². The predicted octanol–water partition coefficient (Wildman–Crippen LogP) is 3.06. The molecule has 1 unspecified atom stereocenters. The number of thiophene rings is 1. The molecule has 5 heteroatoms. The van der Waals surface area contributed by atoms with Crippen molar-refractivity contribution in [2.45, 2.75) is 13.0 Å². The van der Waals surface area contributed by atoms with Gasteiger partial charge in [0.15, 0.2) is 0 Å². The molecule has 1 aromatic heterocycles. The molecule has 1 N–H and O–H groups in total. The number of aryl methyl sites for hydroxylation is 1. The second-order valence-electron chi connectivity index (χ2n) is 4.21. The van der Waals surface area contributed by atoms with Crippen LogP contribution in [0.25, 0.3) is 0 Å². The number of hydrogen-bond donors (Lipinski definition) is 1. The van der Waals surface area contributed by atoms with E-state index >= 15 is 0 Å². The molecule has 0 spiro atoms. The zero-order valence-corrected chi connectivity index (χ0v) is 12.0. The van der Waals surface area contributed by atoms with Gasteiger partial charge in [0.2, 0.25) is 0 Å². The van der Waals surface area contributed by atoms with Crippen molar-refractivity contribution in [2.24, 2.45) is 0 Å². The Morgan fingerprint density at radius 3 is 2.80 bits per heavy atom. The first-order valence-corrected chi connectivity index (χ1v) is 6.92. The fourth-order valence-electron chi connectivity index (χ4n) is 1.91. The fourth-order valence-corrected chi connectivity index (χ4v) is 2.67. The van der Waals surface area contributed by atoms with Crippen molar-refractivity contribution in [1.29, 1.82) is 5.26 Å². The Balaban J connectivity index is 2.22. The minimum Gasteiger partial charge on any atom is -0.495 e. The second-order valence-corrected chi connectivity index (χ2v) is 5.13. The number of nitrogens with zero attached hydrogens (tertiary/aromatic N) is 1. The van der Waals surface area contributed by atoms with Gasteiger partial charge in [0.05, 0.1) is 13.2 Å². The van der Waals surface area contributed by atoms with Crippen molar-refractivity contribution in [3.8, 4) is 11.8 Å². The first-order valence-electron chi connectivity index (χ1n) is 6.05. The van der Waals surface area contributed by atoms with E-state index in [2.05, 4.69) is 11.4 Å². The first-order chi connectivity index (χ1) is 9.67. The third-order valence-electron chi connectivity index (χ3n) is 2.96. The highest BCUT2D eigenvalue weighted by molar-refractivity contribution is 7.12. The molecule has 0 saturated heterocycles. The zero-order valence-electron chi connectivity index (χ0n) is 11.2. The molecule has 4 nitrogen and oxygen atoms in total. The van der Waals surface area contributed by atoms with Gasteiger partial charge < -0.3 is 10.1 Å². The predicted molar refractivity (Wildman–Crippen MR) is 77.9 cm³/mol. The molecule has 1 atom stereocenters. The molecule has 1 aromatic carbocycles. The van der Waals surface area contributed by atoms with E-state index in [0.717, 1.165) is 11.1 Å². The normalized spacial score (nSPS) is 11.4. The molecule has 0 saturated carbocycles. The van der Waals surface area contributed by atoms with E-state index in [0.29, 0.717) is 10.6 Å². The summed E-state index contributed by atoms with van der Waals surface area (Å²) >= 11 is 1.29. The Labute approximate surface area is 121 Å². The largest absolute Gasteiger partial charge is 0.495 e. The Bertz CT molecular complexity index is 658. The lowest BCUT2D eigenvalue weighted by atomic mass is 10.0. The summed E-state index contributed by atoms with van der Waals surface area (Å²) in [4.78, 5) is 12.7. The van der Waals surface area contributed by atoms with E-state index < -0.39 is 6.04 Å². The van der Waals surface area contributed by atoms with E-state index in [1.54, 1.807) is 11.4 Å². The number of methoxy groups -OCH3 is 1. The molecular formula is C15H14N2O2S. The number of nitrogens with one attached hydrogen (secondary N) is 1. The number of carbonyl (C=O) groups is 1. The van der Waals surface area contributed by atoms with Crippen molar-refractivity contribution in [3.05, 3.63) is 51.7 Å². The fraction of sp³-hybridized carbons (Fsp3) is 0.200. The van der Waals surface area contributed by atoms with Crippen LogP contribution in [0.5, 0.6) is 5.75 Å². The van der Waals surface area contributed by atoms with E-state index in [9.17, 15) is 10.1 Å². The number of amides is 1. The van der Waals surface area contributed by atoms with Crippen molar-refractivity contribution >= 4 is 17.2 Å². The number of ether oxygens (including phenoxy) is 1. The van der Waals surface area contributed by atoms with Crippen LogP contribution in [-0.2, 0) is 0 Å². The van der Waals surface area contributed by atoms with E-state index in [4.69, 9.17) is 4.74 Å². The van der Waals surface area contributed by atoms with Crippen LogP contribution in [-0.4, -0.2) is 13.0 Å². The van der Waals surface area contributed by atoms with Gasteiger partial charge in [0.1, 0.15) is 16.7 Å². The second kappa shape index (κ2) is 6.22. The first kappa shape index (κ1) is 14.1. The summed E-state index contributed by atoms with van der Waals surface area (Å²) in [6.07, 6.45) is 0. The lowest BCUT2D eigenvalue weighted by molar-refractivity contribution is 0.0946. The molecule has 102 valence electrons. The highest BCUT2D eigenvalue weighted by Gasteiger charge is 2.20. The maximum absolute atomic E-state index is 12.2. The molecular weight excluding hydrogens is 272 g/mol. The summed E-state index contributed by atoms with van der Waals surface area (Å²) in [7, 11) is 1.52. The van der Waals surface area contributed by atoms with Crippen molar-refractivity contribution in [1.82, 2.24) is 5.32 Å². The van der Waals surface area contributed by atoms with E-state index in [1.165, 1.54) is 18.4 Å². The Morgan fingerprint density at radius 2 is 2.15 bits per heavy atom. The smallest absolute Gasteiger partial charge is 0.266 e. The van der Waals surface area contributed by atoms with Crippen LogP contribution in [0.1, 0.15) is 26.8 Å². The van der Waals surface area contributed by atoms with E-state index in [-0.39, 0.29) is 5.91 Å². The molecule has 20 heavy (non-hydrogen) atoms. The maximum Gasteiger partial charge on any atom is 0.266 e. The maximum atomic E-state index is 12.2. The Kier molecular flexibility index (Phi) is 4.38. The van der Waals surface area contributed by atoms with Gasteiger partial charge in [-0.1, -0.05) is 24.3 Å². The summed E-state index contributed by atoms with van der Waals surface area (Å²) in [6, 6.07) is 10.7. The van der Waals surface area contributed by atoms with Crippen molar-refractivity contribution in [3.63, 3.8) is 0 Å². The number of rotatable bonds is 4. The van der Waals surface area contributed by atoms with Gasteiger partial charge in [-0.3, -0.25) is 4.79 Å². The van der Waals surface area contributed by atoms with Crippen LogP contribution in [0.2, 0.25) is 0 Å². The molecule has 0 bridgehead atoms. The van der Waals surface area contributed by atoms with Gasteiger partial charge in [-0.25, -0.2) is 0 Å². The van der Waals surface area contributed by atoms with Gasteiger partial charge in [0, 0.05) is 0 Å². The van der Waals surface area contributed by atoms with Gasteiger partial charge >= 0.3 is 0 Å². The van der Waals surface area contributed by atoms with Crippen LogP contribution in [0.3, 0.4) is 0 Å². The molecule has 1 amide bonds. The minimum atomic E-state index is -0.671. The minimum absolute atomic E-state index is 0.299. The highest BCUT2D eigenvalue weighted by atomic mass is 32.1. The Hall–Kier alpha value is -2.32. The molecule has 1 heterocycles. The third kappa shape index (κ3) is 2.81. The van der Waals surface area contributed by atoms with Crippen LogP contribution >= 0.6 is 11.3 Å². The zero-order chi connectivity index (χ0) is 14.5. The number of hydrogen-bond acceptors (Lipinski definition) is 4. The topological polar surface area (TPSA) is 62.1 Å². The molecule has 0 fully saturated rings. The van der Waals surface area contributed by atoms with Crippen LogP contribution in [0.15, 0.2) is 35.7 Å². The summed E-state index contributed by atoms with van der Waals surface area (Å²) in [5.41, 5.74) is 1.77. The number of benzene rings is 1. The van der Waals surface area contributed by atoms with Crippen LogP contribution < -0.4 is 10.1 Å². The lowest BCUT2D eigenvalue weighted by Crippen LogP contribution is -2.27. The van der Waals surface area contributed by atoms with Gasteiger partial charge in [-0.05, 0) is 29.5 Å². The molecule has 0 aliphatic carbocycles. The summed E-state index contributed by atoms with van der Waals surface area (Å²) in [5, 5.41) is 13.8. The molecule has 2 aromatic rings. The molecule has 2 rings (SSSR count). The van der Waals surface area contributed by atoms with Gasteiger partial charge in [0.25, 0.3) is 5.91 Å². The average Bonchev–Trinajstić information content (AvgIpc) is 2.94. The lowest BCUT2D eigenvalue weighted by Gasteiger charge is -2.14. The Morgan fingerprint density at radius 1 is 1.40 bits per heavy atom. The molecule has 0 radical (unpaired) electrons. The molecule has 0 aliphatic heterocycles. The molecule has 0 aliphatic rings.